The molecule has 2 aromatic heterocycles. The van der Waals surface area contributed by atoms with Crippen LogP contribution in [0.15, 0.2) is 39.5 Å². The number of thiophene rings is 1. The van der Waals surface area contributed by atoms with Gasteiger partial charge in [-0.15, -0.1) is 0 Å². The quantitative estimate of drug-likeness (QED) is 0.672. The monoisotopic (exact) mass is 389 g/mol. The standard InChI is InChI=1S/C19H17F2N3O2S/c20-14-4-1-5-15(21)17(14)19(25)24-7-2-3-12(10-24)9-16-22-18(23-26-16)13-6-8-27-11-13/h1,4-6,8,11-12H,2-3,7,9-10H2. The lowest BCUT2D eigenvalue weighted by atomic mass is 9.94. The minimum Gasteiger partial charge on any atom is -0.339 e. The number of hydrogen-bond donors (Lipinski definition) is 0. The van der Waals surface area contributed by atoms with Crippen molar-refractivity contribution in [3.05, 3.63) is 58.1 Å². The summed E-state index contributed by atoms with van der Waals surface area (Å²) in [5, 5.41) is 7.88. The molecule has 0 bridgehead atoms. The summed E-state index contributed by atoms with van der Waals surface area (Å²) in [5.74, 6) is -1.12. The molecular weight excluding hydrogens is 372 g/mol. The van der Waals surface area contributed by atoms with Gasteiger partial charge in [0.05, 0.1) is 0 Å². The van der Waals surface area contributed by atoms with E-state index in [-0.39, 0.29) is 5.92 Å². The minimum atomic E-state index is -0.834. The summed E-state index contributed by atoms with van der Waals surface area (Å²) in [6.45, 7) is 0.885. The molecule has 27 heavy (non-hydrogen) atoms. The highest BCUT2D eigenvalue weighted by Gasteiger charge is 2.29. The highest BCUT2D eigenvalue weighted by atomic mass is 32.1. The molecule has 0 aliphatic carbocycles. The molecule has 140 valence electrons. The van der Waals surface area contributed by atoms with Gasteiger partial charge in [0.2, 0.25) is 11.7 Å². The first kappa shape index (κ1) is 17.8. The van der Waals surface area contributed by atoms with E-state index in [4.69, 9.17) is 4.52 Å². The van der Waals surface area contributed by atoms with Gasteiger partial charge in [-0.25, -0.2) is 8.78 Å². The number of likely N-dealkylation sites (tertiary alicyclic amines) is 1. The van der Waals surface area contributed by atoms with Crippen LogP contribution in [-0.4, -0.2) is 34.0 Å². The van der Waals surface area contributed by atoms with Crippen molar-refractivity contribution in [2.75, 3.05) is 13.1 Å². The molecule has 3 aromatic rings. The highest BCUT2D eigenvalue weighted by molar-refractivity contribution is 7.08. The molecule has 1 aliphatic rings. The fraction of sp³-hybridized carbons (Fsp3) is 0.316. The van der Waals surface area contributed by atoms with Crippen LogP contribution in [0.4, 0.5) is 8.78 Å². The fourth-order valence-corrected chi connectivity index (χ4v) is 4.00. The molecule has 8 heteroatoms. The first-order valence-corrected chi connectivity index (χ1v) is 9.64. The second-order valence-electron chi connectivity index (χ2n) is 6.58. The van der Waals surface area contributed by atoms with Gasteiger partial charge in [-0.1, -0.05) is 11.2 Å². The molecule has 1 aromatic carbocycles. The number of halogens is 2. The molecule has 1 fully saturated rings. The summed E-state index contributed by atoms with van der Waals surface area (Å²) in [5.41, 5.74) is 0.418. The molecule has 1 amide bonds. The second-order valence-corrected chi connectivity index (χ2v) is 7.36. The summed E-state index contributed by atoms with van der Waals surface area (Å²) in [4.78, 5) is 18.5. The molecule has 3 heterocycles. The zero-order chi connectivity index (χ0) is 18.8. The van der Waals surface area contributed by atoms with E-state index in [1.54, 1.807) is 11.3 Å². The average molecular weight is 389 g/mol. The van der Waals surface area contributed by atoms with Crippen LogP contribution < -0.4 is 0 Å². The van der Waals surface area contributed by atoms with Crippen molar-refractivity contribution in [1.29, 1.82) is 0 Å². The van der Waals surface area contributed by atoms with E-state index in [1.807, 2.05) is 16.8 Å². The number of piperidine rings is 1. The number of benzene rings is 1. The molecule has 1 aliphatic heterocycles. The predicted molar refractivity (Wildman–Crippen MR) is 96.3 cm³/mol. The number of amides is 1. The molecule has 0 spiro atoms. The summed E-state index contributed by atoms with van der Waals surface area (Å²) in [7, 11) is 0. The molecule has 4 rings (SSSR count). The third-order valence-corrected chi connectivity index (χ3v) is 5.38. The SMILES string of the molecule is O=C(c1c(F)cccc1F)N1CCCC(Cc2nc(-c3ccsc3)no2)C1. The van der Waals surface area contributed by atoms with Crippen molar-refractivity contribution < 1.29 is 18.1 Å². The second kappa shape index (κ2) is 7.56. The van der Waals surface area contributed by atoms with Crippen molar-refractivity contribution in [1.82, 2.24) is 15.0 Å². The maximum atomic E-state index is 13.9. The average Bonchev–Trinajstić information content (AvgIpc) is 3.33. The largest absolute Gasteiger partial charge is 0.339 e. The van der Waals surface area contributed by atoms with Crippen LogP contribution in [0.5, 0.6) is 0 Å². The van der Waals surface area contributed by atoms with Crippen LogP contribution in [0.2, 0.25) is 0 Å². The normalized spacial score (nSPS) is 17.3. The topological polar surface area (TPSA) is 59.2 Å². The Labute approximate surface area is 158 Å². The Morgan fingerprint density at radius 3 is 2.85 bits per heavy atom. The number of carbonyl (C=O) groups excluding carboxylic acids is 1. The number of rotatable bonds is 4. The smallest absolute Gasteiger partial charge is 0.259 e. The lowest BCUT2D eigenvalue weighted by Crippen LogP contribution is -2.41. The van der Waals surface area contributed by atoms with Gasteiger partial charge in [-0.05, 0) is 42.3 Å². The first-order chi connectivity index (χ1) is 13.1. The van der Waals surface area contributed by atoms with Gasteiger partial charge in [0.1, 0.15) is 17.2 Å². The maximum Gasteiger partial charge on any atom is 0.259 e. The van der Waals surface area contributed by atoms with E-state index in [0.29, 0.717) is 31.2 Å². The van der Waals surface area contributed by atoms with E-state index in [1.165, 1.54) is 11.0 Å². The molecule has 0 N–H and O–H groups in total. The van der Waals surface area contributed by atoms with E-state index in [9.17, 15) is 13.6 Å². The molecule has 1 saturated heterocycles. The van der Waals surface area contributed by atoms with Gasteiger partial charge in [-0.3, -0.25) is 4.79 Å². The molecule has 0 radical (unpaired) electrons. The number of nitrogens with zero attached hydrogens (tertiary/aromatic N) is 3. The Bertz CT molecular complexity index is 922. The van der Waals surface area contributed by atoms with Crippen LogP contribution in [0.25, 0.3) is 11.4 Å². The Balaban J connectivity index is 1.45. The van der Waals surface area contributed by atoms with Gasteiger partial charge >= 0.3 is 0 Å². The van der Waals surface area contributed by atoms with Gasteiger partial charge in [0.15, 0.2) is 0 Å². The number of hydrogen-bond acceptors (Lipinski definition) is 5. The summed E-state index contributed by atoms with van der Waals surface area (Å²) < 4.78 is 33.2. The van der Waals surface area contributed by atoms with Crippen molar-refractivity contribution in [3.8, 4) is 11.4 Å². The third-order valence-electron chi connectivity index (χ3n) is 4.69. The summed E-state index contributed by atoms with van der Waals surface area (Å²) in [6.07, 6.45) is 2.18. The van der Waals surface area contributed by atoms with E-state index in [2.05, 4.69) is 10.1 Å². The zero-order valence-corrected chi connectivity index (χ0v) is 15.2. The Morgan fingerprint density at radius 1 is 1.30 bits per heavy atom. The maximum absolute atomic E-state index is 13.9. The van der Waals surface area contributed by atoms with Crippen molar-refractivity contribution in [2.24, 2.45) is 5.92 Å². The van der Waals surface area contributed by atoms with Crippen LogP contribution in [0, 0.1) is 17.6 Å². The van der Waals surface area contributed by atoms with Crippen LogP contribution in [0.3, 0.4) is 0 Å². The fourth-order valence-electron chi connectivity index (χ4n) is 3.37. The predicted octanol–water partition coefficient (Wildman–Crippen LogP) is 4.17. The minimum absolute atomic E-state index is 0.105. The van der Waals surface area contributed by atoms with Gasteiger partial charge in [0, 0.05) is 30.5 Å². The van der Waals surface area contributed by atoms with E-state index >= 15 is 0 Å². The lowest BCUT2D eigenvalue weighted by Gasteiger charge is -2.32. The van der Waals surface area contributed by atoms with Crippen molar-refractivity contribution >= 4 is 17.2 Å². The first-order valence-electron chi connectivity index (χ1n) is 8.70. The Hall–Kier alpha value is -2.61. The van der Waals surface area contributed by atoms with E-state index in [0.717, 1.165) is 30.5 Å². The van der Waals surface area contributed by atoms with Crippen LogP contribution >= 0.6 is 11.3 Å². The Morgan fingerprint density at radius 2 is 2.11 bits per heavy atom. The molecule has 1 unspecified atom stereocenters. The van der Waals surface area contributed by atoms with Crippen LogP contribution in [-0.2, 0) is 6.42 Å². The van der Waals surface area contributed by atoms with Crippen molar-refractivity contribution in [3.63, 3.8) is 0 Å². The molecule has 1 atom stereocenters. The van der Waals surface area contributed by atoms with E-state index < -0.39 is 23.1 Å². The Kier molecular flexibility index (Phi) is 4.98. The lowest BCUT2D eigenvalue weighted by molar-refractivity contribution is 0.0658. The number of carbonyl (C=O) groups is 1. The van der Waals surface area contributed by atoms with Crippen LogP contribution in [0.1, 0.15) is 29.1 Å². The highest BCUT2D eigenvalue weighted by Crippen LogP contribution is 2.25. The zero-order valence-electron chi connectivity index (χ0n) is 14.4. The molecule has 5 nitrogen and oxygen atoms in total. The van der Waals surface area contributed by atoms with Crippen molar-refractivity contribution in [2.45, 2.75) is 19.3 Å². The van der Waals surface area contributed by atoms with Gasteiger partial charge in [0.25, 0.3) is 5.91 Å². The van der Waals surface area contributed by atoms with Gasteiger partial charge in [-0.2, -0.15) is 16.3 Å². The summed E-state index contributed by atoms with van der Waals surface area (Å²) >= 11 is 1.56. The number of aromatic nitrogens is 2. The molecular formula is C19H17F2N3O2S. The molecule has 0 saturated carbocycles. The summed E-state index contributed by atoms with van der Waals surface area (Å²) in [6, 6.07) is 5.37. The third kappa shape index (κ3) is 3.75. The van der Waals surface area contributed by atoms with Gasteiger partial charge < -0.3 is 9.42 Å².